The molecule has 0 radical (unpaired) electrons. The van der Waals surface area contributed by atoms with E-state index in [9.17, 15) is 4.79 Å². The lowest BCUT2D eigenvalue weighted by Crippen LogP contribution is -2.24. The quantitative estimate of drug-likeness (QED) is 0.522. The molecule has 17 heavy (non-hydrogen) atoms. The summed E-state index contributed by atoms with van der Waals surface area (Å²) in [5.41, 5.74) is -0.667. The highest BCUT2D eigenvalue weighted by Gasteiger charge is 2.25. The number of hydrogen-bond acceptors (Lipinski definition) is 2. The number of esters is 1. The van der Waals surface area contributed by atoms with Crippen molar-refractivity contribution in [2.75, 3.05) is 0 Å². The number of rotatable bonds is 1. The third kappa shape index (κ3) is 3.65. The molecular formula is C11H10Cl4O2. The van der Waals surface area contributed by atoms with Crippen LogP contribution < -0.4 is 0 Å². The third-order valence-electron chi connectivity index (χ3n) is 1.71. The monoisotopic (exact) mass is 314 g/mol. The van der Waals surface area contributed by atoms with Crippen molar-refractivity contribution >= 4 is 52.4 Å². The van der Waals surface area contributed by atoms with E-state index in [1.165, 1.54) is 6.07 Å². The van der Waals surface area contributed by atoms with Crippen LogP contribution in [0.5, 0.6) is 0 Å². The predicted molar refractivity (Wildman–Crippen MR) is 71.7 cm³/mol. The number of halogens is 4. The molecule has 0 aromatic heterocycles. The second kappa shape index (κ2) is 5.23. The highest BCUT2D eigenvalue weighted by molar-refractivity contribution is 6.49. The lowest BCUT2D eigenvalue weighted by molar-refractivity contribution is 0.00700. The standard InChI is InChI=1S/C11H10Cl4O2/c1-11(2,3)17-10(16)7-8(14)5(12)4-6(13)9(7)15/h4H,1-3H3. The lowest BCUT2D eigenvalue weighted by atomic mass is 10.1. The summed E-state index contributed by atoms with van der Waals surface area (Å²) in [5.74, 6) is -0.656. The van der Waals surface area contributed by atoms with E-state index in [1.807, 2.05) is 0 Å². The largest absolute Gasteiger partial charge is 0.456 e. The topological polar surface area (TPSA) is 26.3 Å². The number of carbonyl (C=O) groups is 1. The molecule has 0 bridgehead atoms. The summed E-state index contributed by atoms with van der Waals surface area (Å²) in [5, 5.41) is 0.384. The fraction of sp³-hybridized carbons (Fsp3) is 0.364. The number of hydrogen-bond donors (Lipinski definition) is 0. The highest BCUT2D eigenvalue weighted by atomic mass is 35.5. The summed E-state index contributed by atoms with van der Waals surface area (Å²) in [7, 11) is 0. The summed E-state index contributed by atoms with van der Waals surface area (Å²) in [6.45, 7) is 5.20. The smallest absolute Gasteiger partial charge is 0.341 e. The molecule has 0 spiro atoms. The van der Waals surface area contributed by atoms with Crippen LogP contribution in [0.15, 0.2) is 6.07 Å². The molecule has 0 heterocycles. The van der Waals surface area contributed by atoms with Gasteiger partial charge in [-0.25, -0.2) is 4.79 Å². The van der Waals surface area contributed by atoms with Crippen LogP contribution in [-0.2, 0) is 4.74 Å². The van der Waals surface area contributed by atoms with Crippen molar-refractivity contribution in [1.82, 2.24) is 0 Å². The van der Waals surface area contributed by atoms with Gasteiger partial charge in [0.15, 0.2) is 0 Å². The lowest BCUT2D eigenvalue weighted by Gasteiger charge is -2.20. The molecule has 0 atom stereocenters. The van der Waals surface area contributed by atoms with E-state index in [4.69, 9.17) is 51.1 Å². The first-order valence-corrected chi connectivity index (χ1v) is 6.21. The van der Waals surface area contributed by atoms with Gasteiger partial charge in [-0.2, -0.15) is 0 Å². The Hall–Kier alpha value is -0.150. The zero-order valence-corrected chi connectivity index (χ0v) is 12.4. The zero-order chi connectivity index (χ0) is 13.4. The minimum Gasteiger partial charge on any atom is -0.456 e. The Kier molecular flexibility index (Phi) is 4.59. The molecule has 1 aromatic rings. The van der Waals surface area contributed by atoms with Gasteiger partial charge in [-0.3, -0.25) is 0 Å². The van der Waals surface area contributed by atoms with Gasteiger partial charge < -0.3 is 4.74 Å². The van der Waals surface area contributed by atoms with Gasteiger partial charge >= 0.3 is 5.97 Å². The van der Waals surface area contributed by atoms with Crippen molar-refractivity contribution in [3.05, 3.63) is 31.7 Å². The Bertz CT molecular complexity index is 437. The Labute approximate surface area is 120 Å². The molecule has 6 heteroatoms. The minimum absolute atomic E-state index is 0.0132. The fourth-order valence-corrected chi connectivity index (χ4v) is 2.05. The zero-order valence-electron chi connectivity index (χ0n) is 9.41. The van der Waals surface area contributed by atoms with Crippen LogP contribution in [0.25, 0.3) is 0 Å². The van der Waals surface area contributed by atoms with E-state index in [0.717, 1.165) is 0 Å². The van der Waals surface area contributed by atoms with E-state index in [2.05, 4.69) is 0 Å². The first-order chi connectivity index (χ1) is 7.63. The van der Waals surface area contributed by atoms with E-state index >= 15 is 0 Å². The molecule has 1 aromatic carbocycles. The molecule has 0 amide bonds. The van der Waals surface area contributed by atoms with E-state index < -0.39 is 11.6 Å². The number of benzene rings is 1. The average Bonchev–Trinajstić information content (AvgIpc) is 2.12. The molecule has 1 rings (SSSR count). The molecule has 0 aliphatic heterocycles. The van der Waals surface area contributed by atoms with Gasteiger partial charge in [0.25, 0.3) is 0 Å². The van der Waals surface area contributed by atoms with E-state index in [1.54, 1.807) is 20.8 Å². The molecular weight excluding hydrogens is 306 g/mol. The SMILES string of the molecule is CC(C)(C)OC(=O)c1c(Cl)c(Cl)cc(Cl)c1Cl. The second-order valence-corrected chi connectivity index (χ2v) is 5.92. The van der Waals surface area contributed by atoms with Crippen molar-refractivity contribution in [3.8, 4) is 0 Å². The minimum atomic E-state index is -0.656. The van der Waals surface area contributed by atoms with E-state index in [0.29, 0.717) is 0 Å². The first kappa shape index (κ1) is 14.9. The van der Waals surface area contributed by atoms with Crippen LogP contribution in [-0.4, -0.2) is 11.6 Å². The summed E-state index contributed by atoms with van der Waals surface area (Å²) in [6, 6.07) is 1.38. The van der Waals surface area contributed by atoms with Gasteiger partial charge in [-0.05, 0) is 26.8 Å². The van der Waals surface area contributed by atoms with Crippen LogP contribution in [0.3, 0.4) is 0 Å². The van der Waals surface area contributed by atoms with Gasteiger partial charge in [0.1, 0.15) is 5.60 Å². The van der Waals surface area contributed by atoms with Crippen LogP contribution in [0, 0.1) is 0 Å². The maximum absolute atomic E-state index is 11.9. The van der Waals surface area contributed by atoms with Gasteiger partial charge in [0.05, 0.1) is 25.7 Å². The Morgan fingerprint density at radius 3 is 1.82 bits per heavy atom. The van der Waals surface area contributed by atoms with Crippen LogP contribution in [0.4, 0.5) is 0 Å². The molecule has 0 fully saturated rings. The molecule has 0 unspecified atom stereocenters. The Balaban J connectivity index is 3.27. The second-order valence-electron chi connectivity index (χ2n) is 4.35. The molecule has 94 valence electrons. The average molecular weight is 316 g/mol. The Morgan fingerprint density at radius 2 is 1.47 bits per heavy atom. The van der Waals surface area contributed by atoms with Crippen molar-refractivity contribution in [1.29, 1.82) is 0 Å². The van der Waals surface area contributed by atoms with Crippen LogP contribution in [0.1, 0.15) is 31.1 Å². The molecule has 0 aliphatic carbocycles. The van der Waals surface area contributed by atoms with Crippen LogP contribution in [0.2, 0.25) is 20.1 Å². The summed E-state index contributed by atoms with van der Waals surface area (Å²) >= 11 is 23.5. The summed E-state index contributed by atoms with van der Waals surface area (Å²) in [4.78, 5) is 11.9. The summed E-state index contributed by atoms with van der Waals surface area (Å²) in [6.07, 6.45) is 0. The predicted octanol–water partition coefficient (Wildman–Crippen LogP) is 5.26. The maximum Gasteiger partial charge on any atom is 0.341 e. The van der Waals surface area contributed by atoms with Gasteiger partial charge in [0, 0.05) is 0 Å². The Morgan fingerprint density at radius 1 is 1.06 bits per heavy atom. The van der Waals surface area contributed by atoms with Crippen molar-refractivity contribution in [3.63, 3.8) is 0 Å². The molecule has 0 saturated heterocycles. The van der Waals surface area contributed by atoms with Gasteiger partial charge in [-0.1, -0.05) is 46.4 Å². The van der Waals surface area contributed by atoms with Gasteiger partial charge in [-0.15, -0.1) is 0 Å². The van der Waals surface area contributed by atoms with E-state index in [-0.39, 0.29) is 25.7 Å². The number of carbonyl (C=O) groups excluding carboxylic acids is 1. The first-order valence-electron chi connectivity index (χ1n) is 4.70. The molecule has 2 nitrogen and oxygen atoms in total. The third-order valence-corrected chi connectivity index (χ3v) is 3.29. The van der Waals surface area contributed by atoms with Crippen LogP contribution >= 0.6 is 46.4 Å². The van der Waals surface area contributed by atoms with Crippen molar-refractivity contribution in [2.24, 2.45) is 0 Å². The molecule has 0 aliphatic rings. The molecule has 0 N–H and O–H groups in total. The van der Waals surface area contributed by atoms with Gasteiger partial charge in [0.2, 0.25) is 0 Å². The fourth-order valence-electron chi connectivity index (χ4n) is 1.08. The van der Waals surface area contributed by atoms with Crippen molar-refractivity contribution < 1.29 is 9.53 Å². The normalized spacial score (nSPS) is 11.5. The molecule has 0 saturated carbocycles. The maximum atomic E-state index is 11.9. The number of ether oxygens (including phenoxy) is 1. The highest BCUT2D eigenvalue weighted by Crippen LogP contribution is 2.37. The summed E-state index contributed by atoms with van der Waals surface area (Å²) < 4.78 is 5.17. The van der Waals surface area contributed by atoms with Crippen molar-refractivity contribution in [2.45, 2.75) is 26.4 Å².